The maximum Gasteiger partial charge on any atom is 0.318 e. The average Bonchev–Trinajstić information content (AvgIpc) is 3.10. The quantitative estimate of drug-likeness (QED) is 0.870. The number of nitrogens with one attached hydrogen (secondary N) is 2. The first kappa shape index (κ1) is 16.2. The highest BCUT2D eigenvalue weighted by Crippen LogP contribution is 2.41. The molecule has 0 spiro atoms. The third-order valence-electron chi connectivity index (χ3n) is 5.51. The van der Waals surface area contributed by atoms with Gasteiger partial charge in [0.05, 0.1) is 12.1 Å². The van der Waals surface area contributed by atoms with Gasteiger partial charge in [-0.3, -0.25) is 5.10 Å². The van der Waals surface area contributed by atoms with Crippen molar-refractivity contribution in [2.24, 2.45) is 11.3 Å². The summed E-state index contributed by atoms with van der Waals surface area (Å²) in [5.41, 5.74) is 0.149. The molecular weight excluding hydrogens is 294 g/mol. The number of rotatable bonds is 5. The minimum Gasteiger partial charge on any atom is -0.380 e. The number of amides is 2. The normalized spacial score (nSPS) is 25.4. The van der Waals surface area contributed by atoms with Gasteiger partial charge >= 0.3 is 6.03 Å². The zero-order valence-electron chi connectivity index (χ0n) is 14.2. The van der Waals surface area contributed by atoms with E-state index in [1.165, 1.54) is 25.6 Å². The van der Waals surface area contributed by atoms with Crippen LogP contribution in [-0.2, 0) is 4.74 Å². The topological polar surface area (TPSA) is 83.1 Å². The van der Waals surface area contributed by atoms with Crippen molar-refractivity contribution < 1.29 is 9.53 Å². The van der Waals surface area contributed by atoms with Crippen molar-refractivity contribution in [1.82, 2.24) is 25.4 Å². The van der Waals surface area contributed by atoms with Gasteiger partial charge in [0.1, 0.15) is 12.2 Å². The van der Waals surface area contributed by atoms with E-state index in [1.54, 1.807) is 7.11 Å². The van der Waals surface area contributed by atoms with Gasteiger partial charge < -0.3 is 15.0 Å². The van der Waals surface area contributed by atoms with Crippen LogP contribution < -0.4 is 5.32 Å². The van der Waals surface area contributed by atoms with Gasteiger partial charge in [0, 0.05) is 26.6 Å². The highest BCUT2D eigenvalue weighted by Gasteiger charge is 2.39. The molecule has 1 aromatic rings. The number of carbonyl (C=O) groups is 1. The van der Waals surface area contributed by atoms with Crippen molar-refractivity contribution in [1.29, 1.82) is 0 Å². The van der Waals surface area contributed by atoms with E-state index in [1.807, 2.05) is 4.90 Å². The fourth-order valence-corrected chi connectivity index (χ4v) is 3.57. The highest BCUT2D eigenvalue weighted by molar-refractivity contribution is 5.75. The minimum atomic E-state index is -0.103. The Morgan fingerprint density at radius 3 is 2.87 bits per heavy atom. The lowest BCUT2D eigenvalue weighted by atomic mass is 9.67. The molecule has 1 saturated carbocycles. The first-order valence-electron chi connectivity index (χ1n) is 8.44. The molecule has 0 bridgehead atoms. The molecule has 1 aliphatic carbocycles. The summed E-state index contributed by atoms with van der Waals surface area (Å²) in [6, 6.07) is -0.146. The second-order valence-electron chi connectivity index (χ2n) is 7.41. The number of ether oxygens (including phenoxy) is 1. The van der Waals surface area contributed by atoms with Gasteiger partial charge in [-0.1, -0.05) is 20.3 Å². The first-order chi connectivity index (χ1) is 11.0. The van der Waals surface area contributed by atoms with Crippen LogP contribution in [0, 0.1) is 11.3 Å². The van der Waals surface area contributed by atoms with Crippen molar-refractivity contribution in [2.75, 3.05) is 20.2 Å². The molecule has 0 aromatic carbocycles. The van der Waals surface area contributed by atoms with Gasteiger partial charge in [0.2, 0.25) is 0 Å². The Labute approximate surface area is 137 Å². The predicted octanol–water partition coefficient (Wildman–Crippen LogP) is 2.10. The van der Waals surface area contributed by atoms with E-state index >= 15 is 0 Å². The zero-order chi connectivity index (χ0) is 16.4. The Morgan fingerprint density at radius 1 is 1.52 bits per heavy atom. The summed E-state index contributed by atoms with van der Waals surface area (Å²) >= 11 is 0. The molecule has 2 aliphatic rings. The number of aromatic nitrogens is 3. The van der Waals surface area contributed by atoms with Crippen molar-refractivity contribution in [3.05, 3.63) is 12.2 Å². The highest BCUT2D eigenvalue weighted by atomic mass is 16.5. The molecule has 2 heterocycles. The van der Waals surface area contributed by atoms with E-state index in [0.717, 1.165) is 18.2 Å². The second-order valence-corrected chi connectivity index (χ2v) is 7.41. The van der Waals surface area contributed by atoms with E-state index < -0.39 is 0 Å². The Balaban J connectivity index is 1.62. The standard InChI is InChI=1S/C16H27N5O2/c1-16(2,11-5-4-6-11)9-17-15(22)21-8-12(23-3)7-13(21)14-18-10-19-20-14/h10-13H,4-9H2,1-3H3,(H,17,22)(H,18,19,20)/t12-,13+/m1/s1. The summed E-state index contributed by atoms with van der Waals surface area (Å²) in [5, 5.41) is 9.90. The average molecular weight is 321 g/mol. The van der Waals surface area contributed by atoms with Crippen LogP contribution in [0.2, 0.25) is 0 Å². The molecule has 0 unspecified atom stereocenters. The molecule has 0 radical (unpaired) electrons. The number of carbonyl (C=O) groups excluding carboxylic acids is 1. The summed E-state index contributed by atoms with van der Waals surface area (Å²) in [4.78, 5) is 18.7. The predicted molar refractivity (Wildman–Crippen MR) is 85.8 cm³/mol. The maximum absolute atomic E-state index is 12.7. The molecule has 1 saturated heterocycles. The number of likely N-dealkylation sites (tertiary alicyclic amines) is 1. The second kappa shape index (κ2) is 6.47. The van der Waals surface area contributed by atoms with E-state index in [0.29, 0.717) is 13.1 Å². The summed E-state index contributed by atoms with van der Waals surface area (Å²) in [7, 11) is 1.68. The van der Waals surface area contributed by atoms with Crippen molar-refractivity contribution in [3.63, 3.8) is 0 Å². The molecule has 2 amide bonds. The number of hydrogen-bond acceptors (Lipinski definition) is 4. The van der Waals surface area contributed by atoms with Gasteiger partial charge in [-0.15, -0.1) is 0 Å². The Hall–Kier alpha value is -1.63. The minimum absolute atomic E-state index is 0.0375. The molecule has 2 fully saturated rings. The van der Waals surface area contributed by atoms with E-state index in [2.05, 4.69) is 34.3 Å². The van der Waals surface area contributed by atoms with Crippen molar-refractivity contribution >= 4 is 6.03 Å². The smallest absolute Gasteiger partial charge is 0.318 e. The van der Waals surface area contributed by atoms with Crippen LogP contribution in [0.5, 0.6) is 0 Å². The Morgan fingerprint density at radius 2 is 2.30 bits per heavy atom. The SMILES string of the molecule is CO[C@@H]1C[C@@H](c2ncn[nH]2)N(C(=O)NCC(C)(C)C2CCC2)C1. The lowest BCUT2D eigenvalue weighted by Crippen LogP contribution is -2.46. The van der Waals surface area contributed by atoms with Crippen LogP contribution >= 0.6 is 0 Å². The molecule has 2 N–H and O–H groups in total. The number of nitrogens with zero attached hydrogens (tertiary/aromatic N) is 3. The third-order valence-corrected chi connectivity index (χ3v) is 5.51. The van der Waals surface area contributed by atoms with Gasteiger partial charge in [0.15, 0.2) is 0 Å². The Kier molecular flexibility index (Phi) is 4.57. The number of hydrogen-bond donors (Lipinski definition) is 2. The van der Waals surface area contributed by atoms with Crippen LogP contribution in [0.25, 0.3) is 0 Å². The molecule has 128 valence electrons. The van der Waals surface area contributed by atoms with Gasteiger partial charge in [-0.2, -0.15) is 5.10 Å². The van der Waals surface area contributed by atoms with Crippen LogP contribution in [0.15, 0.2) is 6.33 Å². The van der Waals surface area contributed by atoms with Gasteiger partial charge in [0.25, 0.3) is 0 Å². The molecular formula is C16H27N5O2. The zero-order valence-corrected chi connectivity index (χ0v) is 14.2. The largest absolute Gasteiger partial charge is 0.380 e. The summed E-state index contributed by atoms with van der Waals surface area (Å²) in [6.45, 7) is 5.77. The summed E-state index contributed by atoms with van der Waals surface area (Å²) in [6.07, 6.45) is 6.13. The first-order valence-corrected chi connectivity index (χ1v) is 8.44. The molecule has 2 atom stereocenters. The lowest BCUT2D eigenvalue weighted by Gasteiger charge is -2.40. The number of aromatic amines is 1. The fourth-order valence-electron chi connectivity index (χ4n) is 3.57. The van der Waals surface area contributed by atoms with E-state index in [4.69, 9.17) is 4.74 Å². The molecule has 1 aliphatic heterocycles. The lowest BCUT2D eigenvalue weighted by molar-refractivity contribution is 0.106. The van der Waals surface area contributed by atoms with Gasteiger partial charge in [-0.05, 0) is 24.2 Å². The molecule has 1 aromatic heterocycles. The number of methoxy groups -OCH3 is 1. The van der Waals surface area contributed by atoms with E-state index in [9.17, 15) is 4.79 Å². The van der Waals surface area contributed by atoms with Crippen LogP contribution in [-0.4, -0.2) is 52.4 Å². The van der Waals surface area contributed by atoms with Crippen LogP contribution in [0.1, 0.15) is 51.4 Å². The molecule has 23 heavy (non-hydrogen) atoms. The van der Waals surface area contributed by atoms with Crippen molar-refractivity contribution in [3.8, 4) is 0 Å². The summed E-state index contributed by atoms with van der Waals surface area (Å²) in [5.74, 6) is 1.44. The van der Waals surface area contributed by atoms with Crippen LogP contribution in [0.4, 0.5) is 4.79 Å². The monoisotopic (exact) mass is 321 g/mol. The third kappa shape index (κ3) is 3.34. The van der Waals surface area contributed by atoms with Crippen molar-refractivity contribution in [2.45, 2.75) is 51.7 Å². The molecule has 3 rings (SSSR count). The van der Waals surface area contributed by atoms with E-state index in [-0.39, 0.29) is 23.6 Å². The molecule has 7 nitrogen and oxygen atoms in total. The number of H-pyrrole nitrogens is 1. The molecule has 7 heteroatoms. The van der Waals surface area contributed by atoms with Crippen LogP contribution in [0.3, 0.4) is 0 Å². The summed E-state index contributed by atoms with van der Waals surface area (Å²) < 4.78 is 5.45. The number of urea groups is 1. The fraction of sp³-hybridized carbons (Fsp3) is 0.812. The van der Waals surface area contributed by atoms with Gasteiger partial charge in [-0.25, -0.2) is 9.78 Å². The maximum atomic E-state index is 12.7. The Bertz CT molecular complexity index is 527.